The fourth-order valence-electron chi connectivity index (χ4n) is 0.759. The number of halogens is 1. The lowest BCUT2D eigenvalue weighted by molar-refractivity contribution is 0.208. The van der Waals surface area contributed by atoms with Crippen molar-refractivity contribution < 1.29 is 9.50 Å². The molecule has 66 valence electrons. The highest BCUT2D eigenvalue weighted by atomic mass is 19.1. The number of hydrogen-bond acceptors (Lipinski definition) is 3. The van der Waals surface area contributed by atoms with Crippen molar-refractivity contribution in [2.24, 2.45) is 0 Å². The molecule has 2 N–H and O–H groups in total. The van der Waals surface area contributed by atoms with Gasteiger partial charge in [-0.3, -0.25) is 0 Å². The molecule has 1 atom stereocenters. The van der Waals surface area contributed by atoms with Crippen molar-refractivity contribution in [1.82, 2.24) is 4.98 Å². The second-order valence-electron chi connectivity index (χ2n) is 2.58. The van der Waals surface area contributed by atoms with Gasteiger partial charge in [0.2, 0.25) is 5.95 Å². The Bertz CT molecular complexity index is 253. The summed E-state index contributed by atoms with van der Waals surface area (Å²) in [6.45, 7) is 2.02. The Hall–Kier alpha value is -1.16. The first kappa shape index (κ1) is 8.93. The minimum atomic E-state index is -0.523. The molecule has 0 saturated carbocycles. The Morgan fingerprint density at radius 1 is 1.67 bits per heavy atom. The van der Waals surface area contributed by atoms with Crippen LogP contribution in [0.2, 0.25) is 0 Å². The van der Waals surface area contributed by atoms with E-state index in [0.29, 0.717) is 12.4 Å². The SMILES string of the molecule is CC(O)CNc1cccc(F)n1. The maximum absolute atomic E-state index is 12.5. The summed E-state index contributed by atoms with van der Waals surface area (Å²) < 4.78 is 12.5. The van der Waals surface area contributed by atoms with Crippen LogP contribution in [0.5, 0.6) is 0 Å². The normalized spacial score (nSPS) is 12.6. The van der Waals surface area contributed by atoms with Crippen LogP contribution >= 0.6 is 0 Å². The number of aliphatic hydroxyl groups excluding tert-OH is 1. The summed E-state index contributed by atoms with van der Waals surface area (Å²) >= 11 is 0. The second kappa shape index (κ2) is 4.01. The highest BCUT2D eigenvalue weighted by molar-refractivity contribution is 5.33. The molecule has 0 fully saturated rings. The number of nitrogens with zero attached hydrogens (tertiary/aromatic N) is 1. The van der Waals surface area contributed by atoms with Gasteiger partial charge in [-0.1, -0.05) is 6.07 Å². The third kappa shape index (κ3) is 2.84. The van der Waals surface area contributed by atoms with E-state index in [4.69, 9.17) is 5.11 Å². The molecule has 0 radical (unpaired) electrons. The summed E-state index contributed by atoms with van der Waals surface area (Å²) in [7, 11) is 0. The van der Waals surface area contributed by atoms with E-state index >= 15 is 0 Å². The number of rotatable bonds is 3. The topological polar surface area (TPSA) is 45.1 Å². The fraction of sp³-hybridized carbons (Fsp3) is 0.375. The maximum atomic E-state index is 12.5. The first-order valence-electron chi connectivity index (χ1n) is 3.73. The minimum Gasteiger partial charge on any atom is -0.392 e. The molecule has 3 nitrogen and oxygen atoms in total. The van der Waals surface area contributed by atoms with Crippen molar-refractivity contribution >= 4 is 5.82 Å². The van der Waals surface area contributed by atoms with Crippen LogP contribution in [0.1, 0.15) is 6.92 Å². The van der Waals surface area contributed by atoms with Crippen molar-refractivity contribution in [3.8, 4) is 0 Å². The number of nitrogens with one attached hydrogen (secondary N) is 1. The Kier molecular flexibility index (Phi) is 2.99. The highest BCUT2D eigenvalue weighted by Gasteiger charge is 1.97. The molecule has 0 bridgehead atoms. The highest BCUT2D eigenvalue weighted by Crippen LogP contribution is 2.02. The molecule has 0 aliphatic rings. The van der Waals surface area contributed by atoms with Crippen molar-refractivity contribution in [2.75, 3.05) is 11.9 Å². The van der Waals surface area contributed by atoms with Crippen LogP contribution in [0.25, 0.3) is 0 Å². The van der Waals surface area contributed by atoms with Crippen LogP contribution < -0.4 is 5.32 Å². The van der Waals surface area contributed by atoms with Crippen molar-refractivity contribution in [3.63, 3.8) is 0 Å². The Morgan fingerprint density at radius 3 is 3.00 bits per heavy atom. The average molecular weight is 170 g/mol. The van der Waals surface area contributed by atoms with Crippen LogP contribution in [-0.4, -0.2) is 22.7 Å². The van der Waals surface area contributed by atoms with E-state index < -0.39 is 12.1 Å². The van der Waals surface area contributed by atoms with E-state index in [1.54, 1.807) is 19.1 Å². The van der Waals surface area contributed by atoms with Crippen LogP contribution in [0, 0.1) is 5.95 Å². The predicted octanol–water partition coefficient (Wildman–Crippen LogP) is 1.01. The maximum Gasteiger partial charge on any atom is 0.214 e. The lowest BCUT2D eigenvalue weighted by atomic mass is 10.4. The third-order valence-electron chi connectivity index (χ3n) is 1.29. The van der Waals surface area contributed by atoms with E-state index in [2.05, 4.69) is 10.3 Å². The lowest BCUT2D eigenvalue weighted by Gasteiger charge is -2.06. The Balaban J connectivity index is 2.52. The molecule has 1 rings (SSSR count). The smallest absolute Gasteiger partial charge is 0.214 e. The van der Waals surface area contributed by atoms with Gasteiger partial charge in [0, 0.05) is 6.54 Å². The van der Waals surface area contributed by atoms with Gasteiger partial charge in [-0.15, -0.1) is 0 Å². The molecule has 1 heterocycles. The zero-order chi connectivity index (χ0) is 8.97. The van der Waals surface area contributed by atoms with E-state index in [-0.39, 0.29) is 0 Å². The standard InChI is InChI=1S/C8H11FN2O/c1-6(12)5-10-8-4-2-3-7(9)11-8/h2-4,6,12H,5H2,1H3,(H,10,11). The van der Waals surface area contributed by atoms with Gasteiger partial charge in [0.15, 0.2) is 0 Å². The summed E-state index contributed by atoms with van der Waals surface area (Å²) in [5.74, 6) is -0.0820. The monoisotopic (exact) mass is 170 g/mol. The quantitative estimate of drug-likeness (QED) is 0.665. The minimum absolute atomic E-state index is 0.371. The van der Waals surface area contributed by atoms with Gasteiger partial charge in [0.1, 0.15) is 5.82 Å². The van der Waals surface area contributed by atoms with Crippen LogP contribution in [-0.2, 0) is 0 Å². The number of pyridine rings is 1. The molecule has 1 aromatic rings. The molecule has 0 aliphatic heterocycles. The zero-order valence-corrected chi connectivity index (χ0v) is 6.79. The van der Waals surface area contributed by atoms with Crippen molar-refractivity contribution in [2.45, 2.75) is 13.0 Å². The lowest BCUT2D eigenvalue weighted by Crippen LogP contribution is -2.16. The van der Waals surface area contributed by atoms with Gasteiger partial charge in [-0.05, 0) is 19.1 Å². The fourth-order valence-corrected chi connectivity index (χ4v) is 0.759. The summed E-state index contributed by atoms with van der Waals surface area (Å²) in [4.78, 5) is 3.56. The molecular weight excluding hydrogens is 159 g/mol. The molecule has 4 heteroatoms. The van der Waals surface area contributed by atoms with Crippen molar-refractivity contribution in [3.05, 3.63) is 24.1 Å². The zero-order valence-electron chi connectivity index (χ0n) is 6.79. The van der Waals surface area contributed by atoms with Gasteiger partial charge in [-0.25, -0.2) is 4.98 Å². The molecule has 0 aliphatic carbocycles. The Morgan fingerprint density at radius 2 is 2.42 bits per heavy atom. The van der Waals surface area contributed by atoms with Gasteiger partial charge in [0.05, 0.1) is 6.10 Å². The first-order valence-corrected chi connectivity index (χ1v) is 3.73. The summed E-state index contributed by atoms with van der Waals surface area (Å²) in [6, 6.07) is 4.48. The van der Waals surface area contributed by atoms with Gasteiger partial charge < -0.3 is 10.4 Å². The average Bonchev–Trinajstić information content (AvgIpc) is 2.01. The van der Waals surface area contributed by atoms with E-state index in [1.807, 2.05) is 0 Å². The number of aliphatic hydroxyl groups is 1. The van der Waals surface area contributed by atoms with Crippen LogP contribution in [0.15, 0.2) is 18.2 Å². The molecule has 1 unspecified atom stereocenters. The van der Waals surface area contributed by atoms with Crippen molar-refractivity contribution in [1.29, 1.82) is 0 Å². The largest absolute Gasteiger partial charge is 0.392 e. The molecule has 12 heavy (non-hydrogen) atoms. The molecule has 0 spiro atoms. The third-order valence-corrected chi connectivity index (χ3v) is 1.29. The molecule has 0 saturated heterocycles. The number of anilines is 1. The van der Waals surface area contributed by atoms with E-state index in [9.17, 15) is 4.39 Å². The predicted molar refractivity (Wildman–Crippen MR) is 44.4 cm³/mol. The summed E-state index contributed by atoms with van der Waals surface area (Å²) in [5, 5.41) is 11.7. The number of hydrogen-bond donors (Lipinski definition) is 2. The van der Waals surface area contributed by atoms with E-state index in [0.717, 1.165) is 0 Å². The van der Waals surface area contributed by atoms with Gasteiger partial charge >= 0.3 is 0 Å². The first-order chi connectivity index (χ1) is 5.68. The molecule has 0 amide bonds. The van der Waals surface area contributed by atoms with Gasteiger partial charge in [-0.2, -0.15) is 4.39 Å². The number of aromatic nitrogens is 1. The molecule has 0 aromatic carbocycles. The second-order valence-corrected chi connectivity index (χ2v) is 2.58. The summed E-state index contributed by atoms with van der Waals surface area (Å²) in [5.41, 5.74) is 0. The van der Waals surface area contributed by atoms with Crippen LogP contribution in [0.4, 0.5) is 10.2 Å². The van der Waals surface area contributed by atoms with Gasteiger partial charge in [0.25, 0.3) is 0 Å². The molecule has 1 aromatic heterocycles. The van der Waals surface area contributed by atoms with E-state index in [1.165, 1.54) is 6.07 Å². The molecular formula is C8H11FN2O. The Labute approximate surface area is 70.3 Å². The summed E-state index contributed by atoms with van der Waals surface area (Å²) in [6.07, 6.45) is -0.463. The van der Waals surface area contributed by atoms with Crippen LogP contribution in [0.3, 0.4) is 0 Å².